The Bertz CT molecular complexity index is 1150. The molecule has 7 nitrogen and oxygen atoms in total. The van der Waals surface area contributed by atoms with Crippen LogP contribution in [0.3, 0.4) is 0 Å². The maximum atomic E-state index is 12.9. The molecule has 0 spiro atoms. The zero-order chi connectivity index (χ0) is 21.6. The molecule has 0 unspecified atom stereocenters. The Hall–Kier alpha value is -3.39. The lowest BCUT2D eigenvalue weighted by atomic mass is 10.1. The van der Waals surface area contributed by atoms with E-state index >= 15 is 0 Å². The molecule has 0 saturated heterocycles. The standard InChI is InChI=1S/C23H24N6OS/c1-3-4-6-19-18(22(30)25-14-17-8-10-24-11-9-17)15-27-29(19)23-26-13-16(2)21(28-23)20-7-5-12-31-20/h5,7-13,15H,3-4,6,14H2,1-2H3,(H,25,30). The molecule has 0 fully saturated rings. The van der Waals surface area contributed by atoms with E-state index in [1.807, 2.05) is 42.8 Å². The minimum atomic E-state index is -0.153. The van der Waals surface area contributed by atoms with E-state index in [-0.39, 0.29) is 5.91 Å². The molecule has 31 heavy (non-hydrogen) atoms. The van der Waals surface area contributed by atoms with Crippen LogP contribution >= 0.6 is 11.3 Å². The summed E-state index contributed by atoms with van der Waals surface area (Å²) < 4.78 is 1.70. The number of carbonyl (C=O) groups excluding carboxylic acids is 1. The number of carbonyl (C=O) groups is 1. The zero-order valence-corrected chi connectivity index (χ0v) is 18.4. The van der Waals surface area contributed by atoms with Crippen molar-refractivity contribution in [3.8, 4) is 16.5 Å². The average Bonchev–Trinajstić information content (AvgIpc) is 3.47. The Labute approximate surface area is 185 Å². The number of rotatable bonds is 8. The van der Waals surface area contributed by atoms with Gasteiger partial charge >= 0.3 is 0 Å². The van der Waals surface area contributed by atoms with Crippen molar-refractivity contribution in [2.45, 2.75) is 39.7 Å². The second-order valence-corrected chi connectivity index (χ2v) is 8.19. The minimum Gasteiger partial charge on any atom is -0.348 e. The van der Waals surface area contributed by atoms with E-state index in [9.17, 15) is 4.79 Å². The number of aryl methyl sites for hydroxylation is 1. The van der Waals surface area contributed by atoms with Crippen LogP contribution in [-0.4, -0.2) is 30.6 Å². The van der Waals surface area contributed by atoms with Crippen molar-refractivity contribution >= 4 is 17.2 Å². The molecule has 0 aliphatic heterocycles. The van der Waals surface area contributed by atoms with Gasteiger partial charge < -0.3 is 5.32 Å². The molecular formula is C23H24N6OS. The molecule has 1 amide bonds. The second kappa shape index (κ2) is 9.61. The van der Waals surface area contributed by atoms with E-state index in [1.54, 1.807) is 34.6 Å². The number of nitrogens with one attached hydrogen (secondary N) is 1. The lowest BCUT2D eigenvalue weighted by Gasteiger charge is -2.10. The Morgan fingerprint density at radius 2 is 2.03 bits per heavy atom. The van der Waals surface area contributed by atoms with Gasteiger partial charge in [0.1, 0.15) is 0 Å². The van der Waals surface area contributed by atoms with Crippen molar-refractivity contribution in [2.75, 3.05) is 0 Å². The Morgan fingerprint density at radius 1 is 1.19 bits per heavy atom. The molecule has 0 aromatic carbocycles. The highest BCUT2D eigenvalue weighted by atomic mass is 32.1. The Balaban J connectivity index is 1.65. The van der Waals surface area contributed by atoms with Gasteiger partial charge in [-0.05, 0) is 54.5 Å². The largest absolute Gasteiger partial charge is 0.348 e. The highest BCUT2D eigenvalue weighted by molar-refractivity contribution is 7.13. The van der Waals surface area contributed by atoms with Crippen molar-refractivity contribution in [1.29, 1.82) is 0 Å². The number of pyridine rings is 1. The molecule has 0 aliphatic rings. The number of aromatic nitrogens is 5. The van der Waals surface area contributed by atoms with Crippen molar-refractivity contribution < 1.29 is 4.79 Å². The fraction of sp³-hybridized carbons (Fsp3) is 0.261. The summed E-state index contributed by atoms with van der Waals surface area (Å²) in [4.78, 5) is 27.3. The maximum Gasteiger partial charge on any atom is 0.255 e. The molecule has 0 radical (unpaired) electrons. The van der Waals surface area contributed by atoms with Crippen LogP contribution in [-0.2, 0) is 13.0 Å². The third-order valence-electron chi connectivity index (χ3n) is 4.99. The van der Waals surface area contributed by atoms with Crippen molar-refractivity contribution in [1.82, 2.24) is 30.0 Å². The lowest BCUT2D eigenvalue weighted by molar-refractivity contribution is 0.0950. The molecule has 0 atom stereocenters. The van der Waals surface area contributed by atoms with Crippen LogP contribution in [0.4, 0.5) is 0 Å². The quantitative estimate of drug-likeness (QED) is 0.447. The van der Waals surface area contributed by atoms with Crippen LogP contribution in [0.5, 0.6) is 0 Å². The fourth-order valence-corrected chi connectivity index (χ4v) is 4.08. The lowest BCUT2D eigenvalue weighted by Crippen LogP contribution is -2.24. The first-order chi connectivity index (χ1) is 15.2. The zero-order valence-electron chi connectivity index (χ0n) is 17.6. The second-order valence-electron chi connectivity index (χ2n) is 7.24. The first-order valence-electron chi connectivity index (χ1n) is 10.3. The molecule has 1 N–H and O–H groups in total. The van der Waals surface area contributed by atoms with Crippen LogP contribution in [0.1, 0.15) is 46.9 Å². The van der Waals surface area contributed by atoms with Crippen LogP contribution in [0.2, 0.25) is 0 Å². The third-order valence-corrected chi connectivity index (χ3v) is 5.86. The van der Waals surface area contributed by atoms with Gasteiger partial charge in [0, 0.05) is 25.1 Å². The normalized spacial score (nSPS) is 10.9. The van der Waals surface area contributed by atoms with E-state index in [1.165, 1.54) is 0 Å². The van der Waals surface area contributed by atoms with E-state index in [2.05, 4.69) is 27.3 Å². The summed E-state index contributed by atoms with van der Waals surface area (Å²) in [6, 6.07) is 7.82. The van der Waals surface area contributed by atoms with Gasteiger partial charge in [-0.3, -0.25) is 9.78 Å². The highest BCUT2D eigenvalue weighted by Gasteiger charge is 2.20. The predicted octanol–water partition coefficient (Wildman–Crippen LogP) is 4.37. The van der Waals surface area contributed by atoms with Gasteiger partial charge in [-0.25, -0.2) is 14.6 Å². The molecule has 4 rings (SSSR count). The van der Waals surface area contributed by atoms with E-state index in [0.29, 0.717) is 18.1 Å². The summed E-state index contributed by atoms with van der Waals surface area (Å²) in [6.45, 7) is 4.56. The van der Waals surface area contributed by atoms with Gasteiger partial charge in [0.25, 0.3) is 11.9 Å². The van der Waals surface area contributed by atoms with Crippen LogP contribution in [0.15, 0.2) is 54.4 Å². The molecule has 8 heteroatoms. The maximum absolute atomic E-state index is 12.9. The number of thiophene rings is 1. The summed E-state index contributed by atoms with van der Waals surface area (Å²) in [5.41, 5.74) is 4.28. The number of amides is 1. The molecule has 0 aliphatic carbocycles. The summed E-state index contributed by atoms with van der Waals surface area (Å²) in [5.74, 6) is 0.327. The van der Waals surface area contributed by atoms with Crippen molar-refractivity contribution in [2.24, 2.45) is 0 Å². The molecule has 0 bridgehead atoms. The third kappa shape index (κ3) is 4.69. The summed E-state index contributed by atoms with van der Waals surface area (Å²) >= 11 is 1.64. The Kier molecular flexibility index (Phi) is 6.47. The SMILES string of the molecule is CCCCc1c(C(=O)NCc2ccncc2)cnn1-c1ncc(C)c(-c2cccs2)n1. The molecule has 0 saturated carbocycles. The van der Waals surface area contributed by atoms with Gasteiger partial charge in [0.15, 0.2) is 0 Å². The van der Waals surface area contributed by atoms with Gasteiger partial charge in [-0.2, -0.15) is 5.10 Å². The van der Waals surface area contributed by atoms with Gasteiger partial charge in [-0.1, -0.05) is 19.4 Å². The van der Waals surface area contributed by atoms with E-state index in [0.717, 1.165) is 46.7 Å². The first-order valence-corrected chi connectivity index (χ1v) is 11.2. The Morgan fingerprint density at radius 3 is 2.77 bits per heavy atom. The average molecular weight is 433 g/mol. The summed E-state index contributed by atoms with van der Waals surface area (Å²) in [6.07, 6.45) is 9.53. The monoisotopic (exact) mass is 432 g/mol. The van der Waals surface area contributed by atoms with Crippen LogP contribution in [0.25, 0.3) is 16.5 Å². The van der Waals surface area contributed by atoms with Crippen LogP contribution < -0.4 is 5.32 Å². The number of hydrogen-bond donors (Lipinski definition) is 1. The summed E-state index contributed by atoms with van der Waals surface area (Å²) in [7, 11) is 0. The van der Waals surface area contributed by atoms with Crippen molar-refractivity contribution in [3.05, 3.63) is 76.8 Å². The molecule has 4 heterocycles. The van der Waals surface area contributed by atoms with Gasteiger partial charge in [0.2, 0.25) is 0 Å². The first kappa shape index (κ1) is 20.9. The van der Waals surface area contributed by atoms with Crippen LogP contribution in [0, 0.1) is 6.92 Å². The molecular weight excluding hydrogens is 408 g/mol. The molecule has 158 valence electrons. The van der Waals surface area contributed by atoms with Gasteiger partial charge in [0.05, 0.1) is 28.0 Å². The fourth-order valence-electron chi connectivity index (χ4n) is 3.30. The topological polar surface area (TPSA) is 85.6 Å². The number of unbranched alkanes of at least 4 members (excludes halogenated alkanes) is 1. The smallest absolute Gasteiger partial charge is 0.255 e. The highest BCUT2D eigenvalue weighted by Crippen LogP contribution is 2.26. The summed E-state index contributed by atoms with van der Waals surface area (Å²) in [5, 5.41) is 9.50. The van der Waals surface area contributed by atoms with Gasteiger partial charge in [-0.15, -0.1) is 11.3 Å². The minimum absolute atomic E-state index is 0.153. The van der Waals surface area contributed by atoms with E-state index in [4.69, 9.17) is 4.98 Å². The predicted molar refractivity (Wildman–Crippen MR) is 121 cm³/mol. The van der Waals surface area contributed by atoms with E-state index < -0.39 is 0 Å². The number of hydrogen-bond acceptors (Lipinski definition) is 6. The number of nitrogens with zero attached hydrogens (tertiary/aromatic N) is 5. The van der Waals surface area contributed by atoms with Crippen molar-refractivity contribution in [3.63, 3.8) is 0 Å². The molecule has 4 aromatic rings. The molecule has 4 aromatic heterocycles.